The van der Waals surface area contributed by atoms with Crippen LogP contribution in [0.5, 0.6) is 0 Å². The Morgan fingerprint density at radius 2 is 1.17 bits per heavy atom. The summed E-state index contributed by atoms with van der Waals surface area (Å²) >= 11 is 0. The highest BCUT2D eigenvalue weighted by Crippen LogP contribution is 2.35. The van der Waals surface area contributed by atoms with Crippen LogP contribution < -0.4 is 20.7 Å². The Kier molecular flexibility index (Phi) is 6.78. The van der Waals surface area contributed by atoms with Gasteiger partial charge in [-0.3, -0.25) is 0 Å². The molecule has 1 aliphatic rings. The Morgan fingerprint density at radius 1 is 0.690 bits per heavy atom. The molecule has 1 aromatic rings. The fourth-order valence-electron chi connectivity index (χ4n) is 5.49. The van der Waals surface area contributed by atoms with E-state index in [0.717, 1.165) is 0 Å². The van der Waals surface area contributed by atoms with E-state index in [-0.39, 0.29) is 0 Å². The molecule has 0 heterocycles. The highest BCUT2D eigenvalue weighted by atomic mass is 28.3. The molecule has 0 amide bonds. The van der Waals surface area contributed by atoms with Crippen molar-refractivity contribution in [2.24, 2.45) is 5.92 Å². The average Bonchev–Trinajstić information content (AvgIpc) is 2.70. The predicted molar refractivity (Wildman–Crippen MR) is 149 cm³/mol. The van der Waals surface area contributed by atoms with Gasteiger partial charge < -0.3 is 0 Å². The van der Waals surface area contributed by atoms with Gasteiger partial charge in [0.05, 0.1) is 33.7 Å². The molecule has 1 aromatic carbocycles. The van der Waals surface area contributed by atoms with Gasteiger partial charge in [0.2, 0.25) is 0 Å². The molecule has 0 spiro atoms. The molecule has 0 bridgehead atoms. The number of rotatable bonds is 5. The zero-order valence-corrected chi connectivity index (χ0v) is 26.3. The zero-order valence-electron chi connectivity index (χ0n) is 21.9. The monoisotopic (exact) mass is 458 g/mol. The van der Waals surface area contributed by atoms with Crippen molar-refractivity contribution in [2.75, 3.05) is 0 Å². The first-order chi connectivity index (χ1) is 12.9. The maximum absolute atomic E-state index is 2.74. The van der Waals surface area contributed by atoms with Crippen molar-refractivity contribution in [1.82, 2.24) is 0 Å². The Morgan fingerprint density at radius 3 is 1.52 bits per heavy atom. The van der Waals surface area contributed by atoms with E-state index in [0.29, 0.717) is 5.92 Å². The van der Waals surface area contributed by atoms with Crippen molar-refractivity contribution in [3.05, 3.63) is 33.5 Å². The van der Waals surface area contributed by atoms with Crippen molar-refractivity contribution >= 4 is 54.5 Å². The summed E-state index contributed by atoms with van der Waals surface area (Å²) < 4.78 is 0. The van der Waals surface area contributed by atoms with E-state index in [1.807, 2.05) is 20.8 Å². The summed E-state index contributed by atoms with van der Waals surface area (Å²) in [5.41, 5.74) is 6.47. The maximum atomic E-state index is 2.74. The van der Waals surface area contributed by atoms with Gasteiger partial charge in [-0.2, -0.15) is 0 Å². The van der Waals surface area contributed by atoms with Crippen LogP contribution in [0, 0.1) is 12.8 Å². The molecular formula is C25H46Si4. The zero-order chi connectivity index (χ0) is 22.7. The maximum Gasteiger partial charge on any atom is 0.0833 e. The van der Waals surface area contributed by atoms with Crippen molar-refractivity contribution < 1.29 is 0 Å². The van der Waals surface area contributed by atoms with Crippen LogP contribution in [0.4, 0.5) is 0 Å². The number of hydrogen-bond donors (Lipinski definition) is 0. The van der Waals surface area contributed by atoms with E-state index in [1.54, 1.807) is 27.5 Å². The van der Waals surface area contributed by atoms with Gasteiger partial charge in [-0.25, -0.2) is 0 Å². The lowest BCUT2D eigenvalue weighted by atomic mass is 10.1. The molecule has 0 aromatic heterocycles. The smallest absolute Gasteiger partial charge is 0.0728 e. The lowest BCUT2D eigenvalue weighted by Crippen LogP contribution is -2.67. The summed E-state index contributed by atoms with van der Waals surface area (Å²) in [6.45, 7) is 35.2. The van der Waals surface area contributed by atoms with Gasteiger partial charge in [0, 0.05) is 0 Å². The van der Waals surface area contributed by atoms with E-state index in [1.165, 1.54) is 0 Å². The fraction of sp³-hybridized carbons (Fsp3) is 0.600. The molecule has 0 nitrogen and oxygen atoms in total. The third-order valence-electron chi connectivity index (χ3n) is 7.17. The normalized spacial score (nSPS) is 19.3. The molecule has 0 fully saturated rings. The number of hydrogen-bond acceptors (Lipinski definition) is 0. The van der Waals surface area contributed by atoms with E-state index in [9.17, 15) is 0 Å². The second-order valence-corrected chi connectivity index (χ2v) is 29.5. The molecular weight excluding hydrogens is 413 g/mol. The minimum atomic E-state index is -1.45. The lowest BCUT2D eigenvalue weighted by Gasteiger charge is -2.36. The Hall–Kier alpha value is -0.432. The highest BCUT2D eigenvalue weighted by molar-refractivity contribution is 7.02. The summed E-state index contributed by atoms with van der Waals surface area (Å²) in [4.78, 5) is 0. The first kappa shape index (κ1) is 24.8. The summed E-state index contributed by atoms with van der Waals surface area (Å²) in [6, 6.07) is 2.74. The molecule has 0 radical (unpaired) electrons. The van der Waals surface area contributed by atoms with Crippen LogP contribution in [0.1, 0.15) is 33.3 Å². The van der Waals surface area contributed by atoms with Gasteiger partial charge in [-0.1, -0.05) is 115 Å². The van der Waals surface area contributed by atoms with E-state index in [4.69, 9.17) is 0 Å². The Bertz CT molecular complexity index is 881. The molecule has 162 valence electrons. The van der Waals surface area contributed by atoms with Gasteiger partial charge in [0.15, 0.2) is 0 Å². The molecule has 2 rings (SSSR count). The minimum absolute atomic E-state index is 0.460. The second-order valence-electron chi connectivity index (χ2n) is 12.6. The predicted octanol–water partition coefficient (Wildman–Crippen LogP) is 4.68. The molecule has 29 heavy (non-hydrogen) atoms. The van der Waals surface area contributed by atoms with Crippen LogP contribution in [0.2, 0.25) is 58.9 Å². The molecule has 0 aliphatic heterocycles. The minimum Gasteiger partial charge on any atom is -0.0728 e. The number of benzene rings is 1. The standard InChI is InChI=1S/C25H46Si4/c1-16-17(2)19(4)23(18(16)3)26-21-15-22(27(6,7)8)20(5)24(28(9,10)11)25(21)29(12,13)14/h15,18H,26H2,1-14H3. The van der Waals surface area contributed by atoms with Crippen molar-refractivity contribution in [3.63, 3.8) is 0 Å². The molecule has 0 saturated heterocycles. The van der Waals surface area contributed by atoms with Gasteiger partial charge in [-0.15, -0.1) is 0 Å². The van der Waals surface area contributed by atoms with Gasteiger partial charge in [0.25, 0.3) is 0 Å². The lowest BCUT2D eigenvalue weighted by molar-refractivity contribution is 0.856. The summed E-state index contributed by atoms with van der Waals surface area (Å²) in [5.74, 6) is 0.656. The van der Waals surface area contributed by atoms with Crippen LogP contribution >= 0.6 is 0 Å². The fourth-order valence-corrected chi connectivity index (χ4v) is 18.3. The van der Waals surface area contributed by atoms with Crippen molar-refractivity contribution in [1.29, 1.82) is 0 Å². The number of allylic oxidation sites excluding steroid dienone is 4. The molecule has 0 N–H and O–H groups in total. The largest absolute Gasteiger partial charge is 0.0833 e. The topological polar surface area (TPSA) is 0 Å². The molecule has 1 unspecified atom stereocenters. The van der Waals surface area contributed by atoms with Crippen LogP contribution in [-0.2, 0) is 0 Å². The third kappa shape index (κ3) is 4.75. The van der Waals surface area contributed by atoms with Gasteiger partial charge >= 0.3 is 0 Å². The van der Waals surface area contributed by atoms with E-state index < -0.39 is 33.7 Å². The summed E-state index contributed by atoms with van der Waals surface area (Å²) in [6.07, 6.45) is 0. The average molecular weight is 459 g/mol. The van der Waals surface area contributed by atoms with Crippen LogP contribution in [-0.4, -0.2) is 33.7 Å². The van der Waals surface area contributed by atoms with Crippen molar-refractivity contribution in [3.8, 4) is 0 Å². The van der Waals surface area contributed by atoms with Crippen molar-refractivity contribution in [2.45, 2.75) is 93.5 Å². The third-order valence-corrected chi connectivity index (χ3v) is 16.6. The first-order valence-electron chi connectivity index (χ1n) is 11.4. The van der Waals surface area contributed by atoms with E-state index >= 15 is 0 Å². The SMILES string of the molecule is CC1=C(C)C(C)C([SiH2]c2cc([Si](C)(C)C)c(C)c([Si](C)(C)C)c2[Si](C)(C)C)=C1C. The van der Waals surface area contributed by atoms with E-state index in [2.05, 4.69) is 99.6 Å². The quantitative estimate of drug-likeness (QED) is 0.562. The molecule has 0 saturated carbocycles. The van der Waals surface area contributed by atoms with Gasteiger partial charge in [0.1, 0.15) is 0 Å². The molecule has 1 aliphatic carbocycles. The Labute approximate surface area is 187 Å². The highest BCUT2D eigenvalue weighted by Gasteiger charge is 2.35. The van der Waals surface area contributed by atoms with Crippen LogP contribution in [0.25, 0.3) is 0 Å². The molecule has 1 atom stereocenters. The van der Waals surface area contributed by atoms with Crippen LogP contribution in [0.15, 0.2) is 28.0 Å². The first-order valence-corrected chi connectivity index (χ1v) is 23.4. The van der Waals surface area contributed by atoms with Crippen LogP contribution in [0.3, 0.4) is 0 Å². The van der Waals surface area contributed by atoms with Gasteiger partial charge in [-0.05, 0) is 39.2 Å². The summed E-state index contributed by atoms with van der Waals surface area (Å²) in [7, 11) is -4.73. The summed E-state index contributed by atoms with van der Waals surface area (Å²) in [5, 5.41) is 9.06. The second kappa shape index (κ2) is 7.92. The molecule has 4 heteroatoms. The Balaban J connectivity index is 2.88.